The normalized spacial score (nSPS) is 17.4. The number of sulfonamides is 1. The number of carbonyl (C=O) groups excluding carboxylic acids is 1. The van der Waals surface area contributed by atoms with Gasteiger partial charge in [-0.2, -0.15) is 4.31 Å². The van der Waals surface area contributed by atoms with Crippen LogP contribution in [0, 0.1) is 0 Å². The van der Waals surface area contributed by atoms with E-state index in [2.05, 4.69) is 0 Å². The molecular formula is C23H22N2O5S2. The molecule has 7 nitrogen and oxygen atoms in total. The summed E-state index contributed by atoms with van der Waals surface area (Å²) in [6.45, 7) is -0.183. The lowest BCUT2D eigenvalue weighted by molar-refractivity contribution is -0.145. The van der Waals surface area contributed by atoms with Crippen molar-refractivity contribution in [1.82, 2.24) is 9.21 Å². The average Bonchev–Trinajstić information content (AvgIpc) is 3.36. The molecule has 1 atom stereocenters. The molecular weight excluding hydrogens is 448 g/mol. The third-order valence-corrected chi connectivity index (χ3v) is 8.78. The number of carboxylic acids is 1. The van der Waals surface area contributed by atoms with Gasteiger partial charge in [-0.25, -0.2) is 8.42 Å². The predicted molar refractivity (Wildman–Crippen MR) is 121 cm³/mol. The number of nitrogens with zero attached hydrogens (tertiary/aromatic N) is 2. The molecule has 1 aliphatic rings. The van der Waals surface area contributed by atoms with Crippen LogP contribution in [0.1, 0.15) is 17.0 Å². The standard InChI is InChI=1S/C23H22N2O5S2/c26-22(21(17-8-3-1-4-9-17)18-10-5-2-6-11-18)24-13-14-25(19(16-24)23(27)28)32(29,30)20-12-7-15-31-20/h1-12,15,19,21H,13-14,16H2,(H,27,28). The summed E-state index contributed by atoms with van der Waals surface area (Å²) in [5.74, 6) is -2.13. The Morgan fingerprint density at radius 3 is 2.00 bits per heavy atom. The first-order chi connectivity index (χ1) is 15.4. The smallest absolute Gasteiger partial charge is 0.323 e. The number of piperazine rings is 1. The van der Waals surface area contributed by atoms with Gasteiger partial charge in [0.25, 0.3) is 10.0 Å². The molecule has 166 valence electrons. The van der Waals surface area contributed by atoms with Crippen molar-refractivity contribution >= 4 is 33.2 Å². The number of carboxylic acid groups (broad SMARTS) is 1. The van der Waals surface area contributed by atoms with Crippen molar-refractivity contribution in [2.75, 3.05) is 19.6 Å². The van der Waals surface area contributed by atoms with E-state index in [9.17, 15) is 23.1 Å². The highest BCUT2D eigenvalue weighted by atomic mass is 32.2. The second-order valence-corrected chi connectivity index (χ2v) is 10.5. The van der Waals surface area contributed by atoms with Gasteiger partial charge in [0.05, 0.1) is 5.92 Å². The molecule has 1 aromatic heterocycles. The highest BCUT2D eigenvalue weighted by Crippen LogP contribution is 2.30. The zero-order valence-corrected chi connectivity index (χ0v) is 18.7. The Labute approximate surface area is 190 Å². The number of rotatable bonds is 6. The van der Waals surface area contributed by atoms with E-state index in [1.807, 2.05) is 60.7 Å². The molecule has 0 aliphatic carbocycles. The summed E-state index contributed by atoms with van der Waals surface area (Å²) in [5, 5.41) is 11.4. The first-order valence-corrected chi connectivity index (χ1v) is 12.4. The van der Waals surface area contributed by atoms with Crippen molar-refractivity contribution in [3.05, 3.63) is 89.3 Å². The van der Waals surface area contributed by atoms with Crippen molar-refractivity contribution in [3.8, 4) is 0 Å². The Balaban J connectivity index is 1.64. The van der Waals surface area contributed by atoms with E-state index in [1.54, 1.807) is 11.4 Å². The highest BCUT2D eigenvalue weighted by molar-refractivity contribution is 7.91. The molecule has 1 saturated heterocycles. The van der Waals surface area contributed by atoms with Gasteiger partial charge in [0.15, 0.2) is 0 Å². The van der Waals surface area contributed by atoms with Gasteiger partial charge in [0.2, 0.25) is 5.91 Å². The summed E-state index contributed by atoms with van der Waals surface area (Å²) in [6, 6.07) is 20.3. The number of thiophene rings is 1. The van der Waals surface area contributed by atoms with Gasteiger partial charge in [-0.15, -0.1) is 11.3 Å². The van der Waals surface area contributed by atoms with E-state index in [0.29, 0.717) is 0 Å². The van der Waals surface area contributed by atoms with E-state index in [0.717, 1.165) is 26.8 Å². The number of aliphatic carboxylic acids is 1. The summed E-state index contributed by atoms with van der Waals surface area (Å²) in [5.41, 5.74) is 1.59. The van der Waals surface area contributed by atoms with Crippen molar-refractivity contribution in [3.63, 3.8) is 0 Å². The van der Waals surface area contributed by atoms with Crippen LogP contribution in [-0.4, -0.2) is 60.3 Å². The molecule has 1 fully saturated rings. The first kappa shape index (κ1) is 22.2. The summed E-state index contributed by atoms with van der Waals surface area (Å²) < 4.78 is 27.1. The predicted octanol–water partition coefficient (Wildman–Crippen LogP) is 2.87. The molecule has 1 amide bonds. The lowest BCUT2D eigenvalue weighted by Gasteiger charge is -2.39. The Kier molecular flexibility index (Phi) is 6.40. The van der Waals surface area contributed by atoms with Crippen LogP contribution in [0.2, 0.25) is 0 Å². The van der Waals surface area contributed by atoms with Gasteiger partial charge >= 0.3 is 5.97 Å². The maximum absolute atomic E-state index is 13.6. The molecule has 0 bridgehead atoms. The number of hydrogen-bond acceptors (Lipinski definition) is 5. The SMILES string of the molecule is O=C(O)C1CN(C(=O)C(c2ccccc2)c2ccccc2)CCN1S(=O)(=O)c1cccs1. The molecule has 1 unspecified atom stereocenters. The first-order valence-electron chi connectivity index (χ1n) is 10.1. The summed E-state index contributed by atoms with van der Waals surface area (Å²) >= 11 is 1.04. The topological polar surface area (TPSA) is 95.0 Å². The van der Waals surface area contributed by atoms with Crippen LogP contribution in [0.25, 0.3) is 0 Å². The molecule has 0 saturated carbocycles. The lowest BCUT2D eigenvalue weighted by Crippen LogP contribution is -2.59. The van der Waals surface area contributed by atoms with Crippen LogP contribution in [-0.2, 0) is 19.6 Å². The molecule has 2 heterocycles. The number of amides is 1. The monoisotopic (exact) mass is 470 g/mol. The maximum atomic E-state index is 13.6. The number of benzene rings is 2. The second kappa shape index (κ2) is 9.23. The van der Waals surface area contributed by atoms with E-state index in [1.165, 1.54) is 11.0 Å². The third kappa shape index (κ3) is 4.32. The van der Waals surface area contributed by atoms with Crippen LogP contribution < -0.4 is 0 Å². The van der Waals surface area contributed by atoms with Gasteiger partial charge in [-0.05, 0) is 22.6 Å². The van der Waals surface area contributed by atoms with Crippen LogP contribution in [0.5, 0.6) is 0 Å². The van der Waals surface area contributed by atoms with Crippen molar-refractivity contribution in [2.24, 2.45) is 0 Å². The number of hydrogen-bond donors (Lipinski definition) is 1. The minimum absolute atomic E-state index is 0.0841. The zero-order valence-electron chi connectivity index (χ0n) is 17.1. The fraction of sp³-hybridized carbons (Fsp3) is 0.217. The number of carbonyl (C=O) groups is 2. The highest BCUT2D eigenvalue weighted by Gasteiger charge is 2.43. The lowest BCUT2D eigenvalue weighted by atomic mass is 9.89. The fourth-order valence-corrected chi connectivity index (χ4v) is 6.62. The second-order valence-electron chi connectivity index (χ2n) is 7.44. The third-order valence-electron chi connectivity index (χ3n) is 5.50. The summed E-state index contributed by atoms with van der Waals surface area (Å²) in [6.07, 6.45) is 0. The molecule has 3 aromatic rings. The van der Waals surface area contributed by atoms with Crippen LogP contribution in [0.3, 0.4) is 0 Å². The molecule has 2 aromatic carbocycles. The molecule has 0 spiro atoms. The van der Waals surface area contributed by atoms with Gasteiger partial charge in [-0.1, -0.05) is 66.7 Å². The quantitative estimate of drug-likeness (QED) is 0.598. The van der Waals surface area contributed by atoms with Gasteiger partial charge in [0.1, 0.15) is 10.3 Å². The van der Waals surface area contributed by atoms with E-state index >= 15 is 0 Å². The van der Waals surface area contributed by atoms with E-state index < -0.39 is 28.0 Å². The minimum atomic E-state index is -3.95. The van der Waals surface area contributed by atoms with Gasteiger partial charge in [-0.3, -0.25) is 9.59 Å². The van der Waals surface area contributed by atoms with Crippen LogP contribution in [0.15, 0.2) is 82.4 Å². The molecule has 0 radical (unpaired) electrons. The average molecular weight is 471 g/mol. The maximum Gasteiger partial charge on any atom is 0.323 e. The Bertz CT molecular complexity index is 1140. The Hall–Kier alpha value is -3.01. The molecule has 1 N–H and O–H groups in total. The van der Waals surface area contributed by atoms with E-state index in [-0.39, 0.29) is 29.8 Å². The summed E-state index contributed by atoms with van der Waals surface area (Å²) in [7, 11) is -3.95. The molecule has 32 heavy (non-hydrogen) atoms. The largest absolute Gasteiger partial charge is 0.480 e. The van der Waals surface area contributed by atoms with Crippen molar-refractivity contribution in [2.45, 2.75) is 16.2 Å². The van der Waals surface area contributed by atoms with Gasteiger partial charge < -0.3 is 10.0 Å². The fourth-order valence-electron chi connectivity index (χ4n) is 3.93. The molecule has 4 rings (SSSR count). The molecule has 9 heteroatoms. The Morgan fingerprint density at radius 1 is 0.906 bits per heavy atom. The minimum Gasteiger partial charge on any atom is -0.480 e. The van der Waals surface area contributed by atoms with Crippen LogP contribution in [0.4, 0.5) is 0 Å². The molecule has 1 aliphatic heterocycles. The van der Waals surface area contributed by atoms with Crippen molar-refractivity contribution < 1.29 is 23.1 Å². The van der Waals surface area contributed by atoms with Crippen LogP contribution >= 0.6 is 11.3 Å². The van der Waals surface area contributed by atoms with Crippen molar-refractivity contribution in [1.29, 1.82) is 0 Å². The van der Waals surface area contributed by atoms with E-state index in [4.69, 9.17) is 0 Å². The summed E-state index contributed by atoms with van der Waals surface area (Å²) in [4.78, 5) is 27.1. The Morgan fingerprint density at radius 2 is 1.50 bits per heavy atom. The zero-order chi connectivity index (χ0) is 22.7. The van der Waals surface area contributed by atoms with Gasteiger partial charge in [0, 0.05) is 19.6 Å².